The molecule has 0 radical (unpaired) electrons. The Balaban J connectivity index is 0.00000324. The highest BCUT2D eigenvalue weighted by atomic mass is 35.5. The molecule has 0 unspecified atom stereocenters. The van der Waals surface area contributed by atoms with Gasteiger partial charge in [0.25, 0.3) is 5.69 Å². The minimum Gasteiger partial charge on any atom is -0.383 e. The second-order valence-electron chi connectivity index (χ2n) is 8.29. The van der Waals surface area contributed by atoms with E-state index in [1.807, 2.05) is 24.3 Å². The van der Waals surface area contributed by atoms with Crippen LogP contribution in [0.4, 0.5) is 17.5 Å². The lowest BCUT2D eigenvalue weighted by molar-refractivity contribution is -0.387. The third-order valence-corrected chi connectivity index (χ3v) is 7.53. The molecular formula is C22H27ClN6O4S. The van der Waals surface area contributed by atoms with Crippen molar-refractivity contribution in [1.82, 2.24) is 14.7 Å². The van der Waals surface area contributed by atoms with Gasteiger partial charge in [-0.15, -0.1) is 12.4 Å². The Hall–Kier alpha value is -3.02. The van der Waals surface area contributed by atoms with Crippen molar-refractivity contribution in [3.63, 3.8) is 0 Å². The van der Waals surface area contributed by atoms with Crippen molar-refractivity contribution in [3.05, 3.63) is 58.6 Å². The van der Waals surface area contributed by atoms with Crippen LogP contribution in [0.1, 0.15) is 25.7 Å². The number of para-hydroxylation sites is 2. The number of nitro groups is 1. The van der Waals surface area contributed by atoms with Gasteiger partial charge >= 0.3 is 0 Å². The van der Waals surface area contributed by atoms with Crippen LogP contribution in [-0.4, -0.2) is 36.4 Å². The predicted octanol–water partition coefficient (Wildman–Crippen LogP) is 3.74. The van der Waals surface area contributed by atoms with E-state index in [1.165, 1.54) is 24.3 Å². The number of hydrogen-bond donors (Lipinski definition) is 3. The summed E-state index contributed by atoms with van der Waals surface area (Å²) in [7, 11) is -3.95. The van der Waals surface area contributed by atoms with Gasteiger partial charge in [-0.25, -0.2) is 18.1 Å². The molecule has 0 amide bonds. The fraction of sp³-hybridized carbons (Fsp3) is 0.364. The van der Waals surface area contributed by atoms with Crippen molar-refractivity contribution >= 4 is 50.8 Å². The van der Waals surface area contributed by atoms with Crippen LogP contribution in [0, 0.1) is 22.0 Å². The number of anilines is 2. The number of rotatable bonds is 8. The third kappa shape index (κ3) is 5.91. The SMILES string of the molecule is Cl.Nc1nc(NCC2CCC(CNS(=O)(=O)c3ccccc3[N+](=O)[O-])CC2)nc2ccccc12. The van der Waals surface area contributed by atoms with E-state index in [-0.39, 0.29) is 29.8 Å². The molecule has 0 aliphatic heterocycles. The number of nitro benzene ring substituents is 1. The van der Waals surface area contributed by atoms with E-state index in [9.17, 15) is 18.5 Å². The summed E-state index contributed by atoms with van der Waals surface area (Å²) in [6, 6.07) is 13.0. The first kappa shape index (κ1) is 25.6. The van der Waals surface area contributed by atoms with Crippen LogP contribution in [0.15, 0.2) is 53.4 Å². The lowest BCUT2D eigenvalue weighted by Gasteiger charge is -2.28. The first-order valence-corrected chi connectivity index (χ1v) is 12.3. The molecule has 0 saturated heterocycles. The Bertz CT molecular complexity index is 1270. The van der Waals surface area contributed by atoms with Crippen LogP contribution in [0.2, 0.25) is 0 Å². The van der Waals surface area contributed by atoms with Gasteiger partial charge in [0, 0.05) is 24.5 Å². The minimum absolute atomic E-state index is 0. The summed E-state index contributed by atoms with van der Waals surface area (Å²) in [5.41, 5.74) is 6.41. The molecule has 1 aromatic heterocycles. The number of nitrogens with one attached hydrogen (secondary N) is 2. The highest BCUT2D eigenvalue weighted by molar-refractivity contribution is 7.89. The smallest absolute Gasteiger partial charge is 0.289 e. The normalized spacial score (nSPS) is 18.2. The second-order valence-corrected chi connectivity index (χ2v) is 10.0. The molecule has 0 bridgehead atoms. The zero-order valence-electron chi connectivity index (χ0n) is 18.4. The molecular weight excluding hydrogens is 480 g/mol. The molecule has 2 aromatic carbocycles. The zero-order chi connectivity index (χ0) is 23.4. The average molecular weight is 507 g/mol. The van der Waals surface area contributed by atoms with E-state index in [1.54, 1.807) is 0 Å². The topological polar surface area (TPSA) is 153 Å². The van der Waals surface area contributed by atoms with Crippen molar-refractivity contribution < 1.29 is 13.3 Å². The van der Waals surface area contributed by atoms with Crippen molar-refractivity contribution in [2.45, 2.75) is 30.6 Å². The first-order chi connectivity index (χ1) is 15.8. The van der Waals surface area contributed by atoms with E-state index in [2.05, 4.69) is 20.0 Å². The van der Waals surface area contributed by atoms with Gasteiger partial charge in [0.1, 0.15) is 5.82 Å². The maximum atomic E-state index is 12.6. The fourth-order valence-corrected chi connectivity index (χ4v) is 5.48. The van der Waals surface area contributed by atoms with Gasteiger partial charge in [-0.1, -0.05) is 24.3 Å². The third-order valence-electron chi connectivity index (χ3n) is 6.06. The van der Waals surface area contributed by atoms with Gasteiger partial charge in [0.15, 0.2) is 4.90 Å². The summed E-state index contributed by atoms with van der Waals surface area (Å²) in [5.74, 6) is 1.55. The lowest BCUT2D eigenvalue weighted by atomic mass is 9.82. The number of aromatic nitrogens is 2. The number of benzene rings is 2. The Labute approximate surface area is 204 Å². The van der Waals surface area contributed by atoms with Crippen molar-refractivity contribution in [1.29, 1.82) is 0 Å². The van der Waals surface area contributed by atoms with Gasteiger partial charge in [-0.3, -0.25) is 10.1 Å². The monoisotopic (exact) mass is 506 g/mol. The van der Waals surface area contributed by atoms with E-state index in [0.29, 0.717) is 24.2 Å². The maximum Gasteiger partial charge on any atom is 0.289 e. The molecule has 1 fully saturated rings. The molecule has 1 aliphatic carbocycles. The quantitative estimate of drug-likeness (QED) is 0.308. The first-order valence-electron chi connectivity index (χ1n) is 10.8. The van der Waals surface area contributed by atoms with Crippen LogP contribution >= 0.6 is 12.4 Å². The summed E-state index contributed by atoms with van der Waals surface area (Å²) in [5, 5.41) is 15.3. The number of nitrogen functional groups attached to an aromatic ring is 1. The maximum absolute atomic E-state index is 12.6. The van der Waals surface area contributed by atoms with Gasteiger partial charge < -0.3 is 11.1 Å². The van der Waals surface area contributed by atoms with E-state index in [4.69, 9.17) is 5.73 Å². The summed E-state index contributed by atoms with van der Waals surface area (Å²) in [6.07, 6.45) is 3.61. The lowest BCUT2D eigenvalue weighted by Crippen LogP contribution is -2.32. The number of halogens is 1. The van der Waals surface area contributed by atoms with Crippen LogP contribution in [0.3, 0.4) is 0 Å². The average Bonchev–Trinajstić information content (AvgIpc) is 2.82. The Morgan fingerprint density at radius 3 is 2.29 bits per heavy atom. The second kappa shape index (κ2) is 10.9. The summed E-state index contributed by atoms with van der Waals surface area (Å²) >= 11 is 0. The molecule has 34 heavy (non-hydrogen) atoms. The summed E-state index contributed by atoms with van der Waals surface area (Å²) < 4.78 is 27.7. The Morgan fingerprint density at radius 1 is 0.971 bits per heavy atom. The van der Waals surface area contributed by atoms with E-state index >= 15 is 0 Å². The Kier molecular flexibility index (Phi) is 8.24. The van der Waals surface area contributed by atoms with Crippen molar-refractivity contribution in [3.8, 4) is 0 Å². The molecule has 182 valence electrons. The summed E-state index contributed by atoms with van der Waals surface area (Å²) in [4.78, 5) is 19.0. The van der Waals surface area contributed by atoms with Crippen LogP contribution in [0.25, 0.3) is 10.9 Å². The van der Waals surface area contributed by atoms with E-state index < -0.39 is 20.6 Å². The minimum atomic E-state index is -3.95. The number of sulfonamides is 1. The van der Waals surface area contributed by atoms with Gasteiger partial charge in [0.05, 0.1) is 10.4 Å². The van der Waals surface area contributed by atoms with Crippen LogP contribution in [0.5, 0.6) is 0 Å². The standard InChI is InChI=1S/C22H26N6O4S.ClH/c23-21-17-5-1-2-6-18(17)26-22(27-21)24-13-15-9-11-16(12-10-15)14-25-33(31,32)20-8-4-3-7-19(20)28(29)30;/h1-8,15-16,25H,9-14H2,(H3,23,24,26,27);1H. The van der Waals surface area contributed by atoms with Gasteiger partial charge in [0.2, 0.25) is 16.0 Å². The molecule has 10 nitrogen and oxygen atoms in total. The number of hydrogen-bond acceptors (Lipinski definition) is 8. The summed E-state index contributed by atoms with van der Waals surface area (Å²) in [6.45, 7) is 0.977. The molecule has 0 atom stereocenters. The molecule has 4 N–H and O–H groups in total. The highest BCUT2D eigenvalue weighted by Gasteiger charge is 2.27. The molecule has 0 spiro atoms. The van der Waals surface area contributed by atoms with Gasteiger partial charge in [-0.2, -0.15) is 4.98 Å². The molecule has 1 saturated carbocycles. The Morgan fingerprint density at radius 2 is 1.59 bits per heavy atom. The molecule has 4 rings (SSSR count). The largest absolute Gasteiger partial charge is 0.383 e. The molecule has 1 heterocycles. The van der Waals surface area contributed by atoms with Gasteiger partial charge in [-0.05, 0) is 55.7 Å². The predicted molar refractivity (Wildman–Crippen MR) is 133 cm³/mol. The molecule has 12 heteroatoms. The number of nitrogens with zero attached hydrogens (tertiary/aromatic N) is 3. The van der Waals surface area contributed by atoms with Crippen molar-refractivity contribution in [2.24, 2.45) is 11.8 Å². The number of nitrogens with two attached hydrogens (primary N) is 1. The highest BCUT2D eigenvalue weighted by Crippen LogP contribution is 2.30. The van der Waals surface area contributed by atoms with Crippen LogP contribution < -0.4 is 15.8 Å². The van der Waals surface area contributed by atoms with Crippen molar-refractivity contribution in [2.75, 3.05) is 24.1 Å². The fourth-order valence-electron chi connectivity index (χ4n) is 4.20. The molecule has 3 aromatic rings. The van der Waals surface area contributed by atoms with E-state index in [0.717, 1.165) is 36.6 Å². The number of fused-ring (bicyclic) bond motifs is 1. The zero-order valence-corrected chi connectivity index (χ0v) is 20.0. The molecule has 1 aliphatic rings. The van der Waals surface area contributed by atoms with Crippen LogP contribution in [-0.2, 0) is 10.0 Å².